The summed E-state index contributed by atoms with van der Waals surface area (Å²) in [6.45, 7) is 4.57. The van der Waals surface area contributed by atoms with Crippen LogP contribution in [0.15, 0.2) is 12.2 Å². The van der Waals surface area contributed by atoms with Crippen LogP contribution in [0.1, 0.15) is 52.4 Å². The smallest absolute Gasteiger partial charge is 0.155 e. The van der Waals surface area contributed by atoms with E-state index >= 15 is 0 Å². The van der Waals surface area contributed by atoms with Crippen molar-refractivity contribution in [1.29, 1.82) is 5.41 Å². The van der Waals surface area contributed by atoms with Gasteiger partial charge in [0.25, 0.3) is 0 Å². The maximum atomic E-state index is 11.8. The molecule has 0 aliphatic heterocycles. The number of aliphatic hydroxyl groups excluding tert-OH is 1. The molecule has 3 saturated carbocycles. The zero-order chi connectivity index (χ0) is 15.7. The molecule has 0 aromatic rings. The van der Waals surface area contributed by atoms with E-state index in [9.17, 15) is 9.90 Å². The Kier molecular flexibility index (Phi) is 3.01. The van der Waals surface area contributed by atoms with Crippen LogP contribution < -0.4 is 0 Å². The largest absolute Gasteiger partial charge is 0.393 e. The average molecular weight is 301 g/mol. The fourth-order valence-corrected chi connectivity index (χ4v) is 6.42. The first-order valence-electron chi connectivity index (χ1n) is 8.84. The fourth-order valence-electron chi connectivity index (χ4n) is 6.42. The highest BCUT2D eigenvalue weighted by atomic mass is 16.3. The van der Waals surface area contributed by atoms with E-state index in [0.717, 1.165) is 37.8 Å². The number of hydrogen-bond donors (Lipinski definition) is 2. The molecule has 2 N–H and O–H groups in total. The zero-order valence-electron chi connectivity index (χ0n) is 13.6. The maximum absolute atomic E-state index is 11.8. The summed E-state index contributed by atoms with van der Waals surface area (Å²) in [5.41, 5.74) is 0.980. The lowest BCUT2D eigenvalue weighted by molar-refractivity contribution is -0.136. The number of carbonyl (C=O) groups is 1. The molecule has 4 aliphatic rings. The van der Waals surface area contributed by atoms with E-state index in [4.69, 9.17) is 5.41 Å². The van der Waals surface area contributed by atoms with Crippen LogP contribution in [-0.4, -0.2) is 22.7 Å². The van der Waals surface area contributed by atoms with Crippen molar-refractivity contribution in [3.05, 3.63) is 12.2 Å². The van der Waals surface area contributed by atoms with Crippen LogP contribution in [0.4, 0.5) is 0 Å². The molecular weight excluding hydrogens is 274 g/mol. The lowest BCUT2D eigenvalue weighted by Gasteiger charge is -2.59. The van der Waals surface area contributed by atoms with E-state index in [1.54, 1.807) is 6.08 Å². The van der Waals surface area contributed by atoms with Gasteiger partial charge in [0.2, 0.25) is 0 Å². The van der Waals surface area contributed by atoms with Crippen LogP contribution in [-0.2, 0) is 4.79 Å². The molecule has 3 fully saturated rings. The minimum absolute atomic E-state index is 0.0134. The summed E-state index contributed by atoms with van der Waals surface area (Å²) < 4.78 is 0. The number of allylic oxidation sites excluding steroid dienone is 2. The second-order valence-electron chi connectivity index (χ2n) is 8.63. The molecule has 0 saturated heterocycles. The van der Waals surface area contributed by atoms with E-state index in [1.807, 2.05) is 0 Å². The number of fused-ring (bicyclic) bond motifs is 5. The average Bonchev–Trinajstić information content (AvgIpc) is 2.77. The zero-order valence-corrected chi connectivity index (χ0v) is 13.6. The van der Waals surface area contributed by atoms with Gasteiger partial charge in [0.05, 0.1) is 6.10 Å². The second kappa shape index (κ2) is 4.53. The molecule has 3 heteroatoms. The molecule has 0 bridgehead atoms. The Morgan fingerprint density at radius 2 is 2.05 bits per heavy atom. The van der Waals surface area contributed by atoms with Crippen molar-refractivity contribution in [1.82, 2.24) is 0 Å². The van der Waals surface area contributed by atoms with Gasteiger partial charge < -0.3 is 10.5 Å². The third-order valence-electron chi connectivity index (χ3n) is 7.84. The lowest BCUT2D eigenvalue weighted by atomic mass is 9.46. The van der Waals surface area contributed by atoms with Crippen LogP contribution in [0, 0.1) is 39.9 Å². The highest BCUT2D eigenvalue weighted by molar-refractivity contribution is 5.91. The predicted molar refractivity (Wildman–Crippen MR) is 85.8 cm³/mol. The SMILES string of the molecule is C[C@]12C=CC(=O)CC1CC(O)[C@@H]1[C@H]2CC[C@]2(C)C(=N)CC[C@@H]12. The minimum atomic E-state index is -0.294. The van der Waals surface area contributed by atoms with Crippen molar-refractivity contribution < 1.29 is 9.90 Å². The third-order valence-corrected chi connectivity index (χ3v) is 7.84. The first-order valence-corrected chi connectivity index (χ1v) is 8.84. The first kappa shape index (κ1) is 14.6. The van der Waals surface area contributed by atoms with Crippen molar-refractivity contribution in [2.24, 2.45) is 34.5 Å². The van der Waals surface area contributed by atoms with Gasteiger partial charge in [0, 0.05) is 17.5 Å². The molecule has 22 heavy (non-hydrogen) atoms. The Morgan fingerprint density at radius 3 is 2.82 bits per heavy atom. The van der Waals surface area contributed by atoms with E-state index in [0.29, 0.717) is 30.1 Å². The Balaban J connectivity index is 1.74. The molecule has 4 aliphatic carbocycles. The molecular formula is C19H27NO2. The standard InChI is InChI=1S/C19H27NO2/c1-18-7-5-12(21)9-11(18)10-15(22)17-13-3-4-16(20)19(13,2)8-6-14(17)18/h5,7,11,13-15,17,20,22H,3-4,6,8-10H2,1-2H3/t11?,13-,14+,15?,17-,18-,19-/m0/s1. The first-order chi connectivity index (χ1) is 10.4. The molecule has 0 radical (unpaired) electrons. The number of ketones is 1. The quantitative estimate of drug-likeness (QED) is 0.720. The Labute approximate surface area is 132 Å². The highest BCUT2D eigenvalue weighted by Crippen LogP contribution is 2.64. The summed E-state index contributed by atoms with van der Waals surface area (Å²) in [5, 5.41) is 19.2. The monoisotopic (exact) mass is 301 g/mol. The molecule has 4 rings (SSSR count). The highest BCUT2D eigenvalue weighted by Gasteiger charge is 2.61. The number of carbonyl (C=O) groups excluding carboxylic acids is 1. The summed E-state index contributed by atoms with van der Waals surface area (Å²) in [4.78, 5) is 11.8. The molecule has 0 spiro atoms. The molecule has 120 valence electrons. The van der Waals surface area contributed by atoms with Gasteiger partial charge >= 0.3 is 0 Å². The van der Waals surface area contributed by atoms with Crippen molar-refractivity contribution >= 4 is 11.5 Å². The maximum Gasteiger partial charge on any atom is 0.155 e. The van der Waals surface area contributed by atoms with Crippen LogP contribution in [0.3, 0.4) is 0 Å². The van der Waals surface area contributed by atoms with Crippen LogP contribution in [0.5, 0.6) is 0 Å². The molecule has 0 amide bonds. The van der Waals surface area contributed by atoms with Gasteiger partial charge in [-0.15, -0.1) is 0 Å². The molecule has 0 aromatic carbocycles. The van der Waals surface area contributed by atoms with Crippen molar-refractivity contribution in [2.75, 3.05) is 0 Å². The van der Waals surface area contributed by atoms with Crippen molar-refractivity contribution in [3.8, 4) is 0 Å². The minimum Gasteiger partial charge on any atom is -0.393 e. The Hall–Kier alpha value is -0.960. The van der Waals surface area contributed by atoms with Gasteiger partial charge in [-0.3, -0.25) is 4.79 Å². The molecule has 7 atom stereocenters. The summed E-state index contributed by atoms with van der Waals surface area (Å²) >= 11 is 0. The summed E-state index contributed by atoms with van der Waals surface area (Å²) in [6.07, 6.45) is 9.15. The summed E-state index contributed by atoms with van der Waals surface area (Å²) in [6, 6.07) is 0. The van der Waals surface area contributed by atoms with Gasteiger partial charge in [-0.2, -0.15) is 0 Å². The molecule has 2 unspecified atom stereocenters. The second-order valence-corrected chi connectivity index (χ2v) is 8.63. The van der Waals surface area contributed by atoms with Crippen LogP contribution in [0.25, 0.3) is 0 Å². The number of hydrogen-bond acceptors (Lipinski definition) is 3. The van der Waals surface area contributed by atoms with Gasteiger partial charge in [-0.1, -0.05) is 19.9 Å². The van der Waals surface area contributed by atoms with Crippen molar-refractivity contribution in [3.63, 3.8) is 0 Å². The molecule has 3 nitrogen and oxygen atoms in total. The van der Waals surface area contributed by atoms with Gasteiger partial charge in [-0.25, -0.2) is 0 Å². The van der Waals surface area contributed by atoms with E-state index in [2.05, 4.69) is 19.9 Å². The van der Waals surface area contributed by atoms with E-state index < -0.39 is 0 Å². The summed E-state index contributed by atoms with van der Waals surface area (Å²) in [5.74, 6) is 1.75. The van der Waals surface area contributed by atoms with Gasteiger partial charge in [-0.05, 0) is 67.3 Å². The number of aliphatic hydroxyl groups is 1. The van der Waals surface area contributed by atoms with Crippen molar-refractivity contribution in [2.45, 2.75) is 58.5 Å². The molecule has 0 heterocycles. The Bertz CT molecular complexity index is 568. The van der Waals surface area contributed by atoms with Crippen LogP contribution in [0.2, 0.25) is 0 Å². The fraction of sp³-hybridized carbons (Fsp3) is 0.789. The molecule has 0 aromatic heterocycles. The van der Waals surface area contributed by atoms with Gasteiger partial charge in [0.1, 0.15) is 0 Å². The van der Waals surface area contributed by atoms with E-state index in [-0.39, 0.29) is 22.7 Å². The topological polar surface area (TPSA) is 61.1 Å². The van der Waals surface area contributed by atoms with Crippen LogP contribution >= 0.6 is 0 Å². The lowest BCUT2D eigenvalue weighted by Crippen LogP contribution is -2.57. The summed E-state index contributed by atoms with van der Waals surface area (Å²) in [7, 11) is 0. The number of nitrogens with one attached hydrogen (secondary N) is 1. The Morgan fingerprint density at radius 1 is 1.27 bits per heavy atom. The normalized spacial score (nSPS) is 53.9. The number of rotatable bonds is 0. The third kappa shape index (κ3) is 1.72. The van der Waals surface area contributed by atoms with Gasteiger partial charge in [0.15, 0.2) is 5.78 Å². The van der Waals surface area contributed by atoms with E-state index in [1.165, 1.54) is 0 Å². The predicted octanol–water partition coefficient (Wildman–Crippen LogP) is 3.36.